The van der Waals surface area contributed by atoms with E-state index < -0.39 is 17.4 Å². The lowest BCUT2D eigenvalue weighted by atomic mass is 9.93. The third kappa shape index (κ3) is 5.06. The molecule has 144 valence electrons. The van der Waals surface area contributed by atoms with E-state index in [9.17, 15) is 14.7 Å². The maximum atomic E-state index is 12.0. The van der Waals surface area contributed by atoms with Crippen LogP contribution in [0.3, 0.4) is 0 Å². The number of carbonyl (C=O) groups is 2. The Hall–Kier alpha value is -2.96. The fraction of sp³-hybridized carbons (Fsp3) is 0.182. The summed E-state index contributed by atoms with van der Waals surface area (Å²) in [6.45, 7) is 1.85. The first kappa shape index (κ1) is 19.8. The van der Waals surface area contributed by atoms with Crippen LogP contribution in [0.5, 0.6) is 0 Å². The molecule has 3 N–H and O–H groups in total. The van der Waals surface area contributed by atoms with Gasteiger partial charge in [-0.1, -0.05) is 60.7 Å². The van der Waals surface area contributed by atoms with Crippen LogP contribution in [0.25, 0.3) is 11.1 Å². The molecule has 0 aliphatic heterocycles. The molecule has 0 aliphatic carbocycles. The van der Waals surface area contributed by atoms with Crippen LogP contribution in [0, 0.1) is 0 Å². The van der Waals surface area contributed by atoms with Crippen molar-refractivity contribution >= 4 is 23.2 Å². The summed E-state index contributed by atoms with van der Waals surface area (Å²) in [7, 11) is 0. The second-order valence-electron chi connectivity index (χ2n) is 6.66. The van der Waals surface area contributed by atoms with Crippen LogP contribution in [-0.2, 0) is 21.7 Å². The van der Waals surface area contributed by atoms with Crippen molar-refractivity contribution in [3.05, 3.63) is 82.6 Å². The van der Waals surface area contributed by atoms with E-state index in [1.54, 1.807) is 6.92 Å². The van der Waals surface area contributed by atoms with Crippen molar-refractivity contribution in [2.45, 2.75) is 19.1 Å². The molecule has 0 saturated heterocycles. The quantitative estimate of drug-likeness (QED) is 0.562. The van der Waals surface area contributed by atoms with Gasteiger partial charge in [0.05, 0.1) is 13.1 Å². The van der Waals surface area contributed by atoms with Gasteiger partial charge >= 0.3 is 11.8 Å². The van der Waals surface area contributed by atoms with Gasteiger partial charge in [-0.25, -0.2) is 0 Å². The number of benzene rings is 2. The number of carbonyl (C=O) groups excluding carboxylic acids is 2. The van der Waals surface area contributed by atoms with Crippen LogP contribution < -0.4 is 10.6 Å². The predicted octanol–water partition coefficient (Wildman–Crippen LogP) is 3.06. The first-order chi connectivity index (χ1) is 13.5. The Morgan fingerprint density at radius 2 is 1.54 bits per heavy atom. The van der Waals surface area contributed by atoms with Crippen molar-refractivity contribution in [1.82, 2.24) is 10.6 Å². The fourth-order valence-corrected chi connectivity index (χ4v) is 3.39. The van der Waals surface area contributed by atoms with Crippen molar-refractivity contribution in [3.63, 3.8) is 0 Å². The van der Waals surface area contributed by atoms with E-state index in [0.717, 1.165) is 16.0 Å². The predicted molar refractivity (Wildman–Crippen MR) is 111 cm³/mol. The Labute approximate surface area is 168 Å². The highest BCUT2D eigenvalue weighted by Crippen LogP contribution is 2.24. The number of amides is 2. The summed E-state index contributed by atoms with van der Waals surface area (Å²) in [5.74, 6) is -1.48. The molecule has 0 spiro atoms. The zero-order valence-electron chi connectivity index (χ0n) is 15.5. The molecule has 0 aliphatic rings. The molecule has 0 unspecified atom stereocenters. The number of nitrogens with one attached hydrogen (secondary N) is 2. The lowest BCUT2D eigenvalue weighted by Gasteiger charge is -2.24. The third-order valence-electron chi connectivity index (χ3n) is 4.42. The summed E-state index contributed by atoms with van der Waals surface area (Å²) < 4.78 is 0. The maximum absolute atomic E-state index is 12.0. The van der Waals surface area contributed by atoms with Gasteiger partial charge in [0.1, 0.15) is 5.60 Å². The van der Waals surface area contributed by atoms with Crippen LogP contribution in [0.4, 0.5) is 0 Å². The Kier molecular flexibility index (Phi) is 6.23. The van der Waals surface area contributed by atoms with Crippen molar-refractivity contribution < 1.29 is 14.7 Å². The topological polar surface area (TPSA) is 78.4 Å². The zero-order valence-corrected chi connectivity index (χ0v) is 16.3. The second kappa shape index (κ2) is 8.82. The highest BCUT2D eigenvalue weighted by molar-refractivity contribution is 7.09. The number of aliphatic hydroxyl groups is 1. The van der Waals surface area contributed by atoms with Gasteiger partial charge in [0, 0.05) is 4.88 Å². The van der Waals surface area contributed by atoms with Gasteiger partial charge in [-0.2, -0.15) is 0 Å². The van der Waals surface area contributed by atoms with Crippen molar-refractivity contribution in [2.24, 2.45) is 0 Å². The van der Waals surface area contributed by atoms with E-state index in [4.69, 9.17) is 0 Å². The van der Waals surface area contributed by atoms with Gasteiger partial charge < -0.3 is 15.7 Å². The molecular weight excluding hydrogens is 372 g/mol. The Balaban J connectivity index is 1.55. The number of thiophene rings is 1. The monoisotopic (exact) mass is 394 g/mol. The molecule has 0 saturated carbocycles. The number of hydrogen-bond acceptors (Lipinski definition) is 4. The van der Waals surface area contributed by atoms with Crippen LogP contribution in [0.2, 0.25) is 0 Å². The summed E-state index contributed by atoms with van der Waals surface area (Å²) >= 11 is 1.50. The van der Waals surface area contributed by atoms with Crippen molar-refractivity contribution in [2.75, 3.05) is 6.54 Å². The molecule has 1 aromatic heterocycles. The minimum atomic E-state index is -1.29. The molecule has 2 amide bonds. The van der Waals surface area contributed by atoms with Crippen LogP contribution in [0.15, 0.2) is 72.1 Å². The molecule has 0 bridgehead atoms. The summed E-state index contributed by atoms with van der Waals surface area (Å²) in [5.41, 5.74) is 1.49. The highest BCUT2D eigenvalue weighted by Gasteiger charge is 2.25. The largest absolute Gasteiger partial charge is 0.384 e. The van der Waals surface area contributed by atoms with Crippen LogP contribution >= 0.6 is 11.3 Å². The molecular formula is C22H22N2O3S. The lowest BCUT2D eigenvalue weighted by Crippen LogP contribution is -2.45. The zero-order chi connectivity index (χ0) is 20.0. The Morgan fingerprint density at radius 3 is 2.18 bits per heavy atom. The molecule has 28 heavy (non-hydrogen) atoms. The standard InChI is InChI=1S/C22H22N2O3S/c1-22(27,15-24-21(26)20(25)23-14-19-8-5-13-28-19)18-11-9-17(10-12-18)16-6-3-2-4-7-16/h2-13,27H,14-15H2,1H3,(H,23,25)(H,24,26)/t22-/m0/s1. The van der Waals surface area contributed by atoms with Gasteiger partial charge in [0.25, 0.3) is 0 Å². The highest BCUT2D eigenvalue weighted by atomic mass is 32.1. The summed E-state index contributed by atoms with van der Waals surface area (Å²) in [4.78, 5) is 24.8. The third-order valence-corrected chi connectivity index (χ3v) is 5.29. The van der Waals surface area contributed by atoms with E-state index in [1.807, 2.05) is 72.1 Å². The fourth-order valence-electron chi connectivity index (χ4n) is 2.75. The number of hydrogen-bond donors (Lipinski definition) is 3. The van der Waals surface area contributed by atoms with Gasteiger partial charge in [-0.15, -0.1) is 11.3 Å². The second-order valence-corrected chi connectivity index (χ2v) is 7.69. The van der Waals surface area contributed by atoms with Gasteiger partial charge in [0.2, 0.25) is 0 Å². The SMILES string of the molecule is C[C@](O)(CNC(=O)C(=O)NCc1cccs1)c1ccc(-c2ccccc2)cc1. The molecule has 0 fully saturated rings. The first-order valence-electron chi connectivity index (χ1n) is 8.92. The lowest BCUT2D eigenvalue weighted by molar-refractivity contribution is -0.139. The van der Waals surface area contributed by atoms with E-state index >= 15 is 0 Å². The van der Waals surface area contributed by atoms with Gasteiger partial charge in [-0.05, 0) is 35.1 Å². The minimum absolute atomic E-state index is 0.0665. The minimum Gasteiger partial charge on any atom is -0.384 e. The van der Waals surface area contributed by atoms with Crippen molar-refractivity contribution in [1.29, 1.82) is 0 Å². The molecule has 0 radical (unpaired) electrons. The molecule has 3 rings (SSSR count). The van der Waals surface area contributed by atoms with E-state index in [-0.39, 0.29) is 6.54 Å². The normalized spacial score (nSPS) is 12.8. The average molecular weight is 394 g/mol. The maximum Gasteiger partial charge on any atom is 0.309 e. The average Bonchev–Trinajstić information content (AvgIpc) is 3.25. The molecule has 1 heterocycles. The van der Waals surface area contributed by atoms with Gasteiger partial charge in [0.15, 0.2) is 0 Å². The first-order valence-corrected chi connectivity index (χ1v) is 9.80. The molecule has 6 heteroatoms. The molecule has 5 nitrogen and oxygen atoms in total. The van der Waals surface area contributed by atoms with E-state index in [1.165, 1.54) is 11.3 Å². The van der Waals surface area contributed by atoms with E-state index in [2.05, 4.69) is 10.6 Å². The molecule has 1 atom stereocenters. The summed E-state index contributed by atoms with van der Waals surface area (Å²) in [6.07, 6.45) is 0. The molecule has 3 aromatic rings. The van der Waals surface area contributed by atoms with Gasteiger partial charge in [-0.3, -0.25) is 9.59 Å². The van der Waals surface area contributed by atoms with Crippen LogP contribution in [0.1, 0.15) is 17.4 Å². The summed E-state index contributed by atoms with van der Waals surface area (Å²) in [6, 6.07) is 21.2. The Bertz CT molecular complexity index is 920. The van der Waals surface area contributed by atoms with Crippen molar-refractivity contribution in [3.8, 4) is 11.1 Å². The smallest absolute Gasteiger partial charge is 0.309 e. The summed E-state index contributed by atoms with van der Waals surface area (Å²) in [5, 5.41) is 17.7. The Morgan fingerprint density at radius 1 is 0.893 bits per heavy atom. The number of rotatable bonds is 6. The van der Waals surface area contributed by atoms with Crippen LogP contribution in [-0.4, -0.2) is 23.5 Å². The molecule has 2 aromatic carbocycles. The van der Waals surface area contributed by atoms with E-state index in [0.29, 0.717) is 12.1 Å².